The summed E-state index contributed by atoms with van der Waals surface area (Å²) in [6.07, 6.45) is 0.843. The molecule has 0 atom stereocenters. The molecular formula is C11H14N2O. The van der Waals surface area contributed by atoms with Gasteiger partial charge in [-0.15, -0.1) is 0 Å². The monoisotopic (exact) mass is 190 g/mol. The van der Waals surface area contributed by atoms with Crippen LogP contribution in [0.15, 0.2) is 18.2 Å². The molecule has 0 aliphatic heterocycles. The molecule has 0 bridgehead atoms. The zero-order valence-electron chi connectivity index (χ0n) is 8.17. The van der Waals surface area contributed by atoms with E-state index in [0.29, 0.717) is 12.3 Å². The first-order valence-corrected chi connectivity index (χ1v) is 4.73. The maximum atomic E-state index is 9.61. The van der Waals surface area contributed by atoms with Crippen molar-refractivity contribution in [1.29, 1.82) is 0 Å². The van der Waals surface area contributed by atoms with Crippen LogP contribution in [-0.2, 0) is 6.42 Å². The summed E-state index contributed by atoms with van der Waals surface area (Å²) in [5.74, 6) is 0.300. The van der Waals surface area contributed by atoms with Crippen molar-refractivity contribution in [2.24, 2.45) is 5.73 Å². The highest BCUT2D eigenvalue weighted by Crippen LogP contribution is 2.28. The molecular weight excluding hydrogens is 176 g/mol. The van der Waals surface area contributed by atoms with Crippen LogP contribution in [0.3, 0.4) is 0 Å². The molecule has 2 rings (SSSR count). The number of nitrogens with two attached hydrogens (primary N) is 1. The van der Waals surface area contributed by atoms with Gasteiger partial charge in [-0.1, -0.05) is 12.1 Å². The van der Waals surface area contributed by atoms with Crippen molar-refractivity contribution < 1.29 is 5.11 Å². The summed E-state index contributed by atoms with van der Waals surface area (Å²) < 4.78 is 0. The summed E-state index contributed by atoms with van der Waals surface area (Å²) in [4.78, 5) is 3.17. The maximum Gasteiger partial charge on any atom is 0.139 e. The average Bonchev–Trinajstić information content (AvgIpc) is 2.47. The van der Waals surface area contributed by atoms with E-state index in [2.05, 4.69) is 4.98 Å². The van der Waals surface area contributed by atoms with Gasteiger partial charge in [0.1, 0.15) is 5.75 Å². The van der Waals surface area contributed by atoms with E-state index >= 15 is 0 Å². The SMILES string of the molecule is Cc1[nH]c2c(O)cccc2c1CCN. The van der Waals surface area contributed by atoms with Gasteiger partial charge in [0.05, 0.1) is 5.52 Å². The summed E-state index contributed by atoms with van der Waals surface area (Å²) in [6, 6.07) is 5.54. The van der Waals surface area contributed by atoms with Crippen LogP contribution in [-0.4, -0.2) is 16.6 Å². The molecule has 14 heavy (non-hydrogen) atoms. The highest BCUT2D eigenvalue weighted by Gasteiger charge is 2.09. The molecule has 0 amide bonds. The number of fused-ring (bicyclic) bond motifs is 1. The Bertz CT molecular complexity index is 460. The summed E-state index contributed by atoms with van der Waals surface area (Å²) in [7, 11) is 0. The third-order valence-electron chi connectivity index (χ3n) is 2.53. The number of hydrogen-bond donors (Lipinski definition) is 3. The molecule has 2 aromatic rings. The molecule has 1 aromatic carbocycles. The Morgan fingerprint density at radius 1 is 1.43 bits per heavy atom. The fraction of sp³-hybridized carbons (Fsp3) is 0.273. The van der Waals surface area contributed by atoms with Crippen molar-refractivity contribution in [3.05, 3.63) is 29.5 Å². The number of H-pyrrole nitrogens is 1. The van der Waals surface area contributed by atoms with Gasteiger partial charge in [-0.05, 0) is 31.5 Å². The fourth-order valence-corrected chi connectivity index (χ4v) is 1.85. The van der Waals surface area contributed by atoms with Crippen molar-refractivity contribution >= 4 is 10.9 Å². The minimum absolute atomic E-state index is 0.300. The second-order valence-electron chi connectivity index (χ2n) is 3.47. The van der Waals surface area contributed by atoms with Gasteiger partial charge in [-0.3, -0.25) is 0 Å². The molecule has 3 heteroatoms. The van der Waals surface area contributed by atoms with Gasteiger partial charge >= 0.3 is 0 Å². The Labute approximate surface area is 82.6 Å². The van der Waals surface area contributed by atoms with E-state index < -0.39 is 0 Å². The van der Waals surface area contributed by atoms with Crippen molar-refractivity contribution in [3.8, 4) is 5.75 Å². The number of aromatic hydroxyl groups is 1. The van der Waals surface area contributed by atoms with Crippen LogP contribution in [0.1, 0.15) is 11.3 Å². The van der Waals surface area contributed by atoms with Crippen LogP contribution < -0.4 is 5.73 Å². The fourth-order valence-electron chi connectivity index (χ4n) is 1.85. The summed E-state index contributed by atoms with van der Waals surface area (Å²) >= 11 is 0. The molecule has 74 valence electrons. The standard InChI is InChI=1S/C11H14N2O/c1-7-8(5-6-12)9-3-2-4-10(14)11(9)13-7/h2-4,13-14H,5-6,12H2,1H3. The quantitative estimate of drug-likeness (QED) is 0.674. The highest BCUT2D eigenvalue weighted by atomic mass is 16.3. The molecule has 0 radical (unpaired) electrons. The number of rotatable bonds is 2. The van der Waals surface area contributed by atoms with Crippen LogP contribution >= 0.6 is 0 Å². The van der Waals surface area contributed by atoms with Crippen LogP contribution in [0.25, 0.3) is 10.9 Å². The third kappa shape index (κ3) is 1.26. The van der Waals surface area contributed by atoms with Crippen LogP contribution in [0.4, 0.5) is 0 Å². The van der Waals surface area contributed by atoms with E-state index in [9.17, 15) is 5.11 Å². The van der Waals surface area contributed by atoms with Gasteiger partial charge in [0, 0.05) is 11.1 Å². The molecule has 4 N–H and O–H groups in total. The summed E-state index contributed by atoms with van der Waals surface area (Å²) in [5, 5.41) is 10.7. The van der Waals surface area contributed by atoms with Gasteiger partial charge in [0.2, 0.25) is 0 Å². The number of aryl methyl sites for hydroxylation is 1. The van der Waals surface area contributed by atoms with Gasteiger partial charge in [0.15, 0.2) is 0 Å². The smallest absolute Gasteiger partial charge is 0.139 e. The summed E-state index contributed by atoms with van der Waals surface area (Å²) in [6.45, 7) is 2.63. The van der Waals surface area contributed by atoms with E-state index in [-0.39, 0.29) is 0 Å². The second-order valence-corrected chi connectivity index (χ2v) is 3.47. The zero-order chi connectivity index (χ0) is 10.1. The van der Waals surface area contributed by atoms with Gasteiger partial charge in [0.25, 0.3) is 0 Å². The third-order valence-corrected chi connectivity index (χ3v) is 2.53. The lowest BCUT2D eigenvalue weighted by Crippen LogP contribution is -2.03. The molecule has 0 aliphatic rings. The van der Waals surface area contributed by atoms with E-state index in [1.54, 1.807) is 6.07 Å². The first-order chi connectivity index (χ1) is 6.74. The Morgan fingerprint density at radius 2 is 2.21 bits per heavy atom. The number of aromatic amines is 1. The average molecular weight is 190 g/mol. The number of phenols is 1. The van der Waals surface area contributed by atoms with Crippen molar-refractivity contribution in [2.75, 3.05) is 6.54 Å². The number of benzene rings is 1. The number of hydrogen-bond acceptors (Lipinski definition) is 2. The normalized spacial score (nSPS) is 11.0. The van der Waals surface area contributed by atoms with E-state index in [4.69, 9.17) is 5.73 Å². The predicted octanol–water partition coefficient (Wildman–Crippen LogP) is 1.68. The topological polar surface area (TPSA) is 62.0 Å². The largest absolute Gasteiger partial charge is 0.506 e. The Balaban J connectivity index is 2.70. The molecule has 1 heterocycles. The summed E-state index contributed by atoms with van der Waals surface area (Å²) in [5.41, 5.74) is 8.65. The number of para-hydroxylation sites is 1. The van der Waals surface area contributed by atoms with Gasteiger partial charge in [-0.2, -0.15) is 0 Å². The minimum Gasteiger partial charge on any atom is -0.506 e. The Kier molecular flexibility index (Phi) is 2.17. The van der Waals surface area contributed by atoms with Crippen molar-refractivity contribution in [3.63, 3.8) is 0 Å². The second kappa shape index (κ2) is 3.35. The van der Waals surface area contributed by atoms with E-state index in [1.807, 2.05) is 19.1 Å². The lowest BCUT2D eigenvalue weighted by atomic mass is 10.1. The van der Waals surface area contributed by atoms with Gasteiger partial charge < -0.3 is 15.8 Å². The number of nitrogens with one attached hydrogen (secondary N) is 1. The lowest BCUT2D eigenvalue weighted by Gasteiger charge is -1.98. The number of phenolic OH excluding ortho intramolecular Hbond substituents is 1. The first-order valence-electron chi connectivity index (χ1n) is 4.73. The van der Waals surface area contributed by atoms with Crippen LogP contribution in [0.5, 0.6) is 5.75 Å². The molecule has 0 saturated heterocycles. The predicted molar refractivity (Wildman–Crippen MR) is 57.5 cm³/mol. The minimum atomic E-state index is 0.300. The Morgan fingerprint density at radius 3 is 2.93 bits per heavy atom. The molecule has 0 saturated carbocycles. The lowest BCUT2D eigenvalue weighted by molar-refractivity contribution is 0.480. The van der Waals surface area contributed by atoms with Crippen molar-refractivity contribution in [1.82, 2.24) is 4.98 Å². The van der Waals surface area contributed by atoms with E-state index in [0.717, 1.165) is 23.0 Å². The molecule has 0 aliphatic carbocycles. The molecule has 0 unspecified atom stereocenters. The van der Waals surface area contributed by atoms with Crippen molar-refractivity contribution in [2.45, 2.75) is 13.3 Å². The molecule has 0 fully saturated rings. The molecule has 1 aromatic heterocycles. The van der Waals surface area contributed by atoms with Crippen LogP contribution in [0, 0.1) is 6.92 Å². The molecule has 3 nitrogen and oxygen atoms in total. The van der Waals surface area contributed by atoms with Crippen LogP contribution in [0.2, 0.25) is 0 Å². The Hall–Kier alpha value is -1.48. The zero-order valence-corrected chi connectivity index (χ0v) is 8.17. The first kappa shape index (κ1) is 9.09. The molecule has 0 spiro atoms. The van der Waals surface area contributed by atoms with Gasteiger partial charge in [-0.25, -0.2) is 0 Å². The maximum absolute atomic E-state index is 9.61. The number of aromatic nitrogens is 1. The van der Waals surface area contributed by atoms with E-state index in [1.165, 1.54) is 5.56 Å². The highest BCUT2D eigenvalue weighted by molar-refractivity contribution is 5.89.